The highest BCUT2D eigenvalue weighted by molar-refractivity contribution is 5.60. The van der Waals surface area contributed by atoms with Crippen molar-refractivity contribution >= 4 is 0 Å². The molecule has 0 unspecified atom stereocenters. The molecule has 5 rings (SSSR count). The van der Waals surface area contributed by atoms with E-state index in [4.69, 9.17) is 0 Å². The second-order valence-electron chi connectivity index (χ2n) is 9.08. The number of aromatic nitrogens is 2. The van der Waals surface area contributed by atoms with Crippen molar-refractivity contribution in [1.29, 1.82) is 0 Å². The molecule has 2 atom stereocenters. The number of hydrogen-bond acceptors (Lipinski definition) is 3. The Kier molecular flexibility index (Phi) is 5.28. The number of likely N-dealkylation sites (tertiary alicyclic amines) is 1. The van der Waals surface area contributed by atoms with E-state index < -0.39 is 23.0 Å². The molecule has 2 fully saturated rings. The van der Waals surface area contributed by atoms with Gasteiger partial charge in [0.1, 0.15) is 0 Å². The van der Waals surface area contributed by atoms with Crippen molar-refractivity contribution in [3.8, 4) is 11.1 Å². The lowest BCUT2D eigenvalue weighted by Crippen LogP contribution is -2.32. The zero-order valence-corrected chi connectivity index (χ0v) is 17.9. The van der Waals surface area contributed by atoms with E-state index in [2.05, 4.69) is 9.88 Å². The molecular formula is C25H24F3N3O2. The number of piperidine rings is 1. The normalized spacial score (nSPS) is 22.3. The van der Waals surface area contributed by atoms with Crippen LogP contribution in [0.15, 0.2) is 70.4 Å². The molecule has 1 N–H and O–H groups in total. The third kappa shape index (κ3) is 4.15. The fourth-order valence-corrected chi connectivity index (χ4v) is 5.16. The van der Waals surface area contributed by atoms with E-state index in [1.807, 2.05) is 30.3 Å². The van der Waals surface area contributed by atoms with Gasteiger partial charge in [-0.25, -0.2) is 4.79 Å². The molecule has 0 spiro atoms. The first-order chi connectivity index (χ1) is 15.8. The van der Waals surface area contributed by atoms with Gasteiger partial charge < -0.3 is 4.90 Å². The van der Waals surface area contributed by atoms with Gasteiger partial charge in [0.05, 0.1) is 11.1 Å². The summed E-state index contributed by atoms with van der Waals surface area (Å²) in [7, 11) is 0. The second-order valence-corrected chi connectivity index (χ2v) is 9.08. The molecule has 0 radical (unpaired) electrons. The monoisotopic (exact) mass is 455 g/mol. The molecule has 1 aromatic heterocycles. The average molecular weight is 455 g/mol. The molecule has 1 aliphatic heterocycles. The van der Waals surface area contributed by atoms with Crippen LogP contribution in [-0.2, 0) is 18.1 Å². The Morgan fingerprint density at radius 3 is 2.42 bits per heavy atom. The highest BCUT2D eigenvalue weighted by Crippen LogP contribution is 2.59. The molecule has 0 amide bonds. The maximum absolute atomic E-state index is 12.9. The van der Waals surface area contributed by atoms with Crippen LogP contribution in [-0.4, -0.2) is 34.1 Å². The Labute approximate surface area is 188 Å². The van der Waals surface area contributed by atoms with E-state index in [1.54, 1.807) is 18.3 Å². The maximum Gasteiger partial charge on any atom is 0.416 e. The lowest BCUT2D eigenvalue weighted by atomic mass is 9.94. The summed E-state index contributed by atoms with van der Waals surface area (Å²) >= 11 is 0. The number of fused-ring (bicyclic) bond motifs is 1. The Morgan fingerprint density at radius 2 is 1.73 bits per heavy atom. The molecule has 2 heterocycles. The third-order valence-corrected chi connectivity index (χ3v) is 6.97. The summed E-state index contributed by atoms with van der Waals surface area (Å²) in [5, 5.41) is 0. The molecule has 2 aliphatic rings. The predicted molar refractivity (Wildman–Crippen MR) is 119 cm³/mol. The van der Waals surface area contributed by atoms with Crippen LogP contribution in [0.2, 0.25) is 0 Å². The number of benzene rings is 2. The van der Waals surface area contributed by atoms with Crippen molar-refractivity contribution in [1.82, 2.24) is 14.5 Å². The molecule has 1 saturated heterocycles. The first-order valence-corrected chi connectivity index (χ1v) is 11.1. The molecule has 1 saturated carbocycles. The summed E-state index contributed by atoms with van der Waals surface area (Å²) in [4.78, 5) is 29.2. The largest absolute Gasteiger partial charge is 0.416 e. The van der Waals surface area contributed by atoms with Crippen molar-refractivity contribution in [2.24, 2.45) is 5.92 Å². The summed E-state index contributed by atoms with van der Waals surface area (Å²) in [6.07, 6.45) is -0.965. The van der Waals surface area contributed by atoms with Crippen LogP contribution in [0.4, 0.5) is 13.2 Å². The summed E-state index contributed by atoms with van der Waals surface area (Å²) in [5.41, 5.74) is 0.706. The van der Waals surface area contributed by atoms with Gasteiger partial charge >= 0.3 is 11.9 Å². The van der Waals surface area contributed by atoms with Crippen LogP contribution in [0.1, 0.15) is 24.0 Å². The quantitative estimate of drug-likeness (QED) is 0.614. The van der Waals surface area contributed by atoms with Gasteiger partial charge in [0.15, 0.2) is 0 Å². The zero-order valence-electron chi connectivity index (χ0n) is 17.9. The number of aromatic amines is 1. The summed E-state index contributed by atoms with van der Waals surface area (Å²) < 4.78 is 40.1. The Balaban J connectivity index is 1.22. The van der Waals surface area contributed by atoms with Crippen molar-refractivity contribution in [2.75, 3.05) is 19.6 Å². The minimum Gasteiger partial charge on any atom is -0.302 e. The van der Waals surface area contributed by atoms with E-state index in [1.165, 1.54) is 16.7 Å². The number of rotatable bonds is 6. The topological polar surface area (TPSA) is 58.1 Å². The number of aryl methyl sites for hydroxylation is 1. The fraction of sp³-hybridized carbons (Fsp3) is 0.360. The minimum atomic E-state index is -4.32. The van der Waals surface area contributed by atoms with E-state index >= 15 is 0 Å². The minimum absolute atomic E-state index is 0.0422. The molecular weight excluding hydrogens is 431 g/mol. The van der Waals surface area contributed by atoms with Gasteiger partial charge in [-0.3, -0.25) is 14.3 Å². The highest BCUT2D eigenvalue weighted by Gasteiger charge is 2.60. The Bertz CT molecular complexity index is 1270. The van der Waals surface area contributed by atoms with Gasteiger partial charge in [-0.2, -0.15) is 13.2 Å². The lowest BCUT2D eigenvalue weighted by molar-refractivity contribution is -0.137. The van der Waals surface area contributed by atoms with Crippen LogP contribution >= 0.6 is 0 Å². The Morgan fingerprint density at radius 1 is 1.00 bits per heavy atom. The van der Waals surface area contributed by atoms with Crippen molar-refractivity contribution in [2.45, 2.75) is 31.0 Å². The SMILES string of the molecule is O=c1[nH]c(=O)n(CCCN2C[C@@H]3C[C@]3(c3ccc(C(F)(F)F)cc3)C2)cc1-c1ccccc1. The second kappa shape index (κ2) is 8.02. The van der Waals surface area contributed by atoms with Gasteiger partial charge in [0.2, 0.25) is 0 Å². The summed E-state index contributed by atoms with van der Waals surface area (Å²) in [6, 6.07) is 14.8. The first-order valence-electron chi connectivity index (χ1n) is 11.1. The van der Waals surface area contributed by atoms with E-state index in [0.29, 0.717) is 18.0 Å². The smallest absolute Gasteiger partial charge is 0.302 e. The number of nitrogens with zero attached hydrogens (tertiary/aromatic N) is 2. The van der Waals surface area contributed by atoms with E-state index in [-0.39, 0.29) is 5.41 Å². The van der Waals surface area contributed by atoms with E-state index in [9.17, 15) is 22.8 Å². The van der Waals surface area contributed by atoms with Crippen LogP contribution in [0.3, 0.4) is 0 Å². The van der Waals surface area contributed by atoms with Gasteiger partial charge in [-0.15, -0.1) is 0 Å². The summed E-state index contributed by atoms with van der Waals surface area (Å²) in [5.74, 6) is 0.467. The number of hydrogen-bond donors (Lipinski definition) is 1. The predicted octanol–water partition coefficient (Wildman–Crippen LogP) is 3.89. The highest BCUT2D eigenvalue weighted by atomic mass is 19.4. The third-order valence-electron chi connectivity index (χ3n) is 6.97. The number of alkyl halides is 3. The average Bonchev–Trinajstić information content (AvgIpc) is 3.36. The maximum atomic E-state index is 12.9. The molecule has 172 valence electrons. The van der Waals surface area contributed by atoms with Crippen LogP contribution in [0.5, 0.6) is 0 Å². The molecule has 8 heteroatoms. The van der Waals surface area contributed by atoms with Crippen molar-refractivity contribution in [3.63, 3.8) is 0 Å². The van der Waals surface area contributed by atoms with Gasteiger partial charge in [-0.1, -0.05) is 42.5 Å². The van der Waals surface area contributed by atoms with E-state index in [0.717, 1.165) is 43.6 Å². The fourth-order valence-electron chi connectivity index (χ4n) is 5.16. The number of H-pyrrole nitrogens is 1. The Hall–Kier alpha value is -3.13. The van der Waals surface area contributed by atoms with Gasteiger partial charge in [0, 0.05) is 31.2 Å². The molecule has 1 aliphatic carbocycles. The molecule has 0 bridgehead atoms. The van der Waals surface area contributed by atoms with Crippen molar-refractivity contribution < 1.29 is 13.2 Å². The first kappa shape index (κ1) is 21.7. The van der Waals surface area contributed by atoms with Gasteiger partial charge in [-0.05, 0) is 48.6 Å². The molecule has 33 heavy (non-hydrogen) atoms. The van der Waals surface area contributed by atoms with Crippen molar-refractivity contribution in [3.05, 3.63) is 92.8 Å². The number of nitrogens with one attached hydrogen (secondary N) is 1. The van der Waals surface area contributed by atoms with Crippen LogP contribution < -0.4 is 11.2 Å². The zero-order chi connectivity index (χ0) is 23.2. The standard InChI is InChI=1S/C25H24F3N3O2/c26-25(27,28)19-9-7-18(8-10-19)24-13-20(24)14-30(16-24)11-4-12-31-15-21(22(32)29-23(31)33)17-5-2-1-3-6-17/h1-3,5-10,15,20H,4,11-14,16H2,(H,29,32,33)/t20-,24+/m0/s1. The molecule has 2 aromatic carbocycles. The van der Waals surface area contributed by atoms with Crippen LogP contribution in [0.25, 0.3) is 11.1 Å². The van der Waals surface area contributed by atoms with Crippen LogP contribution in [0, 0.1) is 5.92 Å². The lowest BCUT2D eigenvalue weighted by Gasteiger charge is -2.21. The summed E-state index contributed by atoms with van der Waals surface area (Å²) in [6.45, 7) is 2.99. The number of halogens is 3. The molecule has 3 aromatic rings. The van der Waals surface area contributed by atoms with Gasteiger partial charge in [0.25, 0.3) is 5.56 Å². The molecule has 5 nitrogen and oxygen atoms in total.